The van der Waals surface area contributed by atoms with Gasteiger partial charge in [-0.1, -0.05) is 36.4 Å². The fourth-order valence-corrected chi connectivity index (χ4v) is 3.02. The first-order chi connectivity index (χ1) is 14.2. The molecule has 0 aliphatic rings. The summed E-state index contributed by atoms with van der Waals surface area (Å²) in [7, 11) is 1.56. The van der Waals surface area contributed by atoms with Gasteiger partial charge in [-0.15, -0.1) is 0 Å². The molecule has 0 fully saturated rings. The third-order valence-electron chi connectivity index (χ3n) is 4.42. The Balaban J connectivity index is 1.79. The van der Waals surface area contributed by atoms with Crippen LogP contribution < -0.4 is 10.1 Å². The van der Waals surface area contributed by atoms with Crippen molar-refractivity contribution in [3.8, 4) is 11.8 Å². The molecule has 2 aromatic carbocycles. The number of fused-ring (bicyclic) bond motifs is 1. The zero-order valence-electron chi connectivity index (χ0n) is 16.3. The lowest BCUT2D eigenvalue weighted by Gasteiger charge is -2.08. The number of ether oxygens (including phenoxy) is 2. The molecule has 0 atom stereocenters. The van der Waals surface area contributed by atoms with E-state index in [1.54, 1.807) is 13.2 Å². The lowest BCUT2D eigenvalue weighted by molar-refractivity contribution is -0.117. The van der Waals surface area contributed by atoms with E-state index >= 15 is 0 Å². The van der Waals surface area contributed by atoms with Crippen LogP contribution in [0, 0.1) is 11.3 Å². The molecule has 0 bridgehead atoms. The minimum absolute atomic E-state index is 0.0598. The van der Waals surface area contributed by atoms with Crippen molar-refractivity contribution in [3.63, 3.8) is 0 Å². The highest BCUT2D eigenvalue weighted by Gasteiger charge is 2.12. The Morgan fingerprint density at radius 2 is 1.90 bits per heavy atom. The summed E-state index contributed by atoms with van der Waals surface area (Å²) in [5, 5.41) is 13.1. The molecule has 1 heterocycles. The maximum absolute atomic E-state index is 12.2. The number of hydrogen-bond donors (Lipinski definition) is 1. The monoisotopic (exact) mass is 389 g/mol. The standard InChI is InChI=1S/C23H23N3O3/c1-28-13-11-25-23(27)18(16-24)15-19-17-26(22-10-6-5-9-21(19)22)12-14-29-20-7-3-2-4-8-20/h2-10,15,17H,11-14H2,1H3,(H,25,27). The van der Waals surface area contributed by atoms with Gasteiger partial charge in [-0.2, -0.15) is 5.26 Å². The third-order valence-corrected chi connectivity index (χ3v) is 4.42. The Morgan fingerprint density at radius 1 is 1.14 bits per heavy atom. The van der Waals surface area contributed by atoms with E-state index in [4.69, 9.17) is 9.47 Å². The lowest BCUT2D eigenvalue weighted by Crippen LogP contribution is -2.27. The second-order valence-corrected chi connectivity index (χ2v) is 6.38. The molecule has 6 heteroatoms. The van der Waals surface area contributed by atoms with Gasteiger partial charge in [-0.05, 0) is 24.3 Å². The zero-order chi connectivity index (χ0) is 20.5. The molecule has 29 heavy (non-hydrogen) atoms. The number of para-hydroxylation sites is 2. The van der Waals surface area contributed by atoms with Gasteiger partial charge in [-0.25, -0.2) is 0 Å². The quantitative estimate of drug-likeness (QED) is 0.346. The van der Waals surface area contributed by atoms with Gasteiger partial charge in [-0.3, -0.25) is 4.79 Å². The van der Waals surface area contributed by atoms with Gasteiger partial charge < -0.3 is 19.4 Å². The highest BCUT2D eigenvalue weighted by Crippen LogP contribution is 2.24. The van der Waals surface area contributed by atoms with Gasteiger partial charge in [0.05, 0.1) is 13.2 Å². The number of methoxy groups -OCH3 is 1. The third kappa shape index (κ3) is 5.24. The summed E-state index contributed by atoms with van der Waals surface area (Å²) in [6.07, 6.45) is 3.57. The van der Waals surface area contributed by atoms with Crippen molar-refractivity contribution >= 4 is 22.9 Å². The summed E-state index contributed by atoms with van der Waals surface area (Å²) < 4.78 is 12.8. The number of benzene rings is 2. The molecule has 1 aromatic heterocycles. The van der Waals surface area contributed by atoms with Crippen molar-refractivity contribution in [3.05, 3.63) is 71.9 Å². The predicted octanol–water partition coefficient (Wildman–Crippen LogP) is 3.39. The first kappa shape index (κ1) is 20.2. The van der Waals surface area contributed by atoms with Gasteiger partial charge in [0.1, 0.15) is 24.0 Å². The number of aromatic nitrogens is 1. The van der Waals surface area contributed by atoms with Crippen molar-refractivity contribution in [2.45, 2.75) is 6.54 Å². The highest BCUT2D eigenvalue weighted by molar-refractivity contribution is 6.04. The number of rotatable bonds is 9. The predicted molar refractivity (Wildman–Crippen MR) is 112 cm³/mol. The molecule has 148 valence electrons. The SMILES string of the molecule is COCCNC(=O)C(C#N)=Cc1cn(CCOc2ccccc2)c2ccccc12. The van der Waals surface area contributed by atoms with Crippen LogP contribution in [0.3, 0.4) is 0 Å². The first-order valence-corrected chi connectivity index (χ1v) is 9.37. The normalized spacial score (nSPS) is 11.2. The fourth-order valence-electron chi connectivity index (χ4n) is 3.02. The molecule has 1 amide bonds. The highest BCUT2D eigenvalue weighted by atomic mass is 16.5. The summed E-state index contributed by atoms with van der Waals surface area (Å²) >= 11 is 0. The number of carbonyl (C=O) groups excluding carboxylic acids is 1. The van der Waals surface area contributed by atoms with Gasteiger partial charge in [0.25, 0.3) is 5.91 Å². The van der Waals surface area contributed by atoms with Gasteiger partial charge in [0.15, 0.2) is 0 Å². The topological polar surface area (TPSA) is 76.3 Å². The molecular formula is C23H23N3O3. The van der Waals surface area contributed by atoms with E-state index in [-0.39, 0.29) is 5.57 Å². The van der Waals surface area contributed by atoms with E-state index in [1.165, 1.54) is 0 Å². The maximum atomic E-state index is 12.2. The van der Waals surface area contributed by atoms with Gasteiger partial charge >= 0.3 is 0 Å². The molecule has 0 radical (unpaired) electrons. The molecule has 0 saturated heterocycles. The summed E-state index contributed by atoms with van der Waals surface area (Å²) in [4.78, 5) is 12.2. The van der Waals surface area contributed by atoms with Crippen molar-refractivity contribution < 1.29 is 14.3 Å². The van der Waals surface area contributed by atoms with Crippen LogP contribution in [0.1, 0.15) is 5.56 Å². The van der Waals surface area contributed by atoms with E-state index in [1.807, 2.05) is 66.9 Å². The summed E-state index contributed by atoms with van der Waals surface area (Å²) in [6, 6.07) is 19.5. The second kappa shape index (κ2) is 10.1. The van der Waals surface area contributed by atoms with E-state index in [0.29, 0.717) is 26.3 Å². The van der Waals surface area contributed by atoms with Crippen LogP contribution in [0.25, 0.3) is 17.0 Å². The van der Waals surface area contributed by atoms with E-state index in [0.717, 1.165) is 22.2 Å². The Morgan fingerprint density at radius 3 is 2.66 bits per heavy atom. The molecule has 0 aliphatic heterocycles. The van der Waals surface area contributed by atoms with Crippen LogP contribution in [0.4, 0.5) is 0 Å². The molecule has 1 N–H and O–H groups in total. The number of carbonyl (C=O) groups is 1. The largest absolute Gasteiger partial charge is 0.492 e. The maximum Gasteiger partial charge on any atom is 0.262 e. The summed E-state index contributed by atoms with van der Waals surface area (Å²) in [5.74, 6) is 0.414. The van der Waals surface area contributed by atoms with E-state index in [9.17, 15) is 10.1 Å². The average Bonchev–Trinajstić information content (AvgIpc) is 3.10. The van der Waals surface area contributed by atoms with Crippen molar-refractivity contribution in [2.24, 2.45) is 0 Å². The molecule has 0 spiro atoms. The van der Waals surface area contributed by atoms with Crippen molar-refractivity contribution in [1.82, 2.24) is 9.88 Å². The second-order valence-electron chi connectivity index (χ2n) is 6.38. The number of nitrogens with one attached hydrogen (secondary N) is 1. The first-order valence-electron chi connectivity index (χ1n) is 9.37. The van der Waals surface area contributed by atoms with Gasteiger partial charge in [0, 0.05) is 36.3 Å². The molecule has 6 nitrogen and oxygen atoms in total. The number of nitriles is 1. The van der Waals surface area contributed by atoms with Crippen LogP contribution >= 0.6 is 0 Å². The van der Waals surface area contributed by atoms with Gasteiger partial charge in [0.2, 0.25) is 0 Å². The minimum Gasteiger partial charge on any atom is -0.492 e. The number of amides is 1. The molecule has 0 unspecified atom stereocenters. The summed E-state index contributed by atoms with van der Waals surface area (Å²) in [6.45, 7) is 1.90. The van der Waals surface area contributed by atoms with Crippen LogP contribution in [-0.4, -0.2) is 37.3 Å². The Kier molecular flexibility index (Phi) is 7.04. The number of hydrogen-bond acceptors (Lipinski definition) is 4. The van der Waals surface area contributed by atoms with Crippen molar-refractivity contribution in [2.75, 3.05) is 26.9 Å². The minimum atomic E-state index is -0.409. The van der Waals surface area contributed by atoms with Crippen LogP contribution in [0.15, 0.2) is 66.4 Å². The Hall–Kier alpha value is -3.56. The Bertz CT molecular complexity index is 1030. The number of nitrogens with zero attached hydrogens (tertiary/aromatic N) is 2. The van der Waals surface area contributed by atoms with Crippen LogP contribution in [0.2, 0.25) is 0 Å². The zero-order valence-corrected chi connectivity index (χ0v) is 16.3. The van der Waals surface area contributed by atoms with Crippen molar-refractivity contribution in [1.29, 1.82) is 5.26 Å². The van der Waals surface area contributed by atoms with Crippen LogP contribution in [0.5, 0.6) is 5.75 Å². The molecule has 0 saturated carbocycles. The van der Waals surface area contributed by atoms with E-state index in [2.05, 4.69) is 9.88 Å². The lowest BCUT2D eigenvalue weighted by atomic mass is 10.1. The summed E-state index contributed by atoms with van der Waals surface area (Å²) in [5.41, 5.74) is 1.90. The molecule has 3 aromatic rings. The molecular weight excluding hydrogens is 366 g/mol. The molecule has 0 aliphatic carbocycles. The molecule has 3 rings (SSSR count). The van der Waals surface area contributed by atoms with Crippen LogP contribution in [-0.2, 0) is 16.1 Å². The average molecular weight is 389 g/mol. The smallest absolute Gasteiger partial charge is 0.262 e. The Labute approximate surface area is 170 Å². The fraction of sp³-hybridized carbons (Fsp3) is 0.217. The van der Waals surface area contributed by atoms with E-state index < -0.39 is 5.91 Å².